The minimum atomic E-state index is -3.62. The summed E-state index contributed by atoms with van der Waals surface area (Å²) in [5.74, 6) is 1.26. The Balaban J connectivity index is 1.73. The number of furan rings is 1. The Bertz CT molecular complexity index is 935. The Kier molecular flexibility index (Phi) is 7.07. The van der Waals surface area contributed by atoms with Crippen molar-refractivity contribution >= 4 is 15.9 Å². The van der Waals surface area contributed by atoms with Gasteiger partial charge in [0.2, 0.25) is 10.0 Å². The second-order valence-electron chi connectivity index (χ2n) is 6.85. The number of hydrogen-bond acceptors (Lipinski definition) is 6. The smallest absolute Gasteiger partial charge is 0.251 e. The minimum Gasteiger partial charge on any atom is -0.465 e. The van der Waals surface area contributed by atoms with Crippen molar-refractivity contribution in [2.24, 2.45) is 0 Å². The van der Waals surface area contributed by atoms with Gasteiger partial charge in [0.1, 0.15) is 11.5 Å². The molecule has 1 amide bonds. The van der Waals surface area contributed by atoms with Gasteiger partial charge in [-0.25, -0.2) is 13.1 Å². The van der Waals surface area contributed by atoms with Crippen molar-refractivity contribution in [2.45, 2.75) is 24.8 Å². The number of morpholine rings is 1. The molecule has 2 N–H and O–H groups in total. The van der Waals surface area contributed by atoms with Crippen LogP contribution in [0.25, 0.3) is 0 Å². The van der Waals surface area contributed by atoms with Crippen LogP contribution in [0.1, 0.15) is 34.8 Å². The molecule has 0 radical (unpaired) electrons. The molecular weight excluding hydrogens is 394 g/mol. The zero-order chi connectivity index (χ0) is 20.9. The van der Waals surface area contributed by atoms with E-state index < -0.39 is 10.0 Å². The first kappa shape index (κ1) is 21.5. The van der Waals surface area contributed by atoms with Gasteiger partial charge in [0.05, 0.1) is 24.2 Å². The number of nitrogens with zero attached hydrogens (tertiary/aromatic N) is 1. The molecule has 1 aliphatic rings. The van der Waals surface area contributed by atoms with Crippen molar-refractivity contribution in [3.63, 3.8) is 0 Å². The summed E-state index contributed by atoms with van der Waals surface area (Å²) in [6.45, 7) is 6.97. The van der Waals surface area contributed by atoms with Gasteiger partial charge < -0.3 is 14.5 Å². The Morgan fingerprint density at radius 2 is 1.97 bits per heavy atom. The first-order valence-corrected chi connectivity index (χ1v) is 11.1. The highest BCUT2D eigenvalue weighted by atomic mass is 32.2. The Hall–Kier alpha value is -2.20. The molecule has 0 saturated carbocycles. The molecule has 3 rings (SSSR count). The number of amides is 1. The lowest BCUT2D eigenvalue weighted by atomic mass is 10.1. The van der Waals surface area contributed by atoms with Gasteiger partial charge in [0.15, 0.2) is 0 Å². The Labute approximate surface area is 171 Å². The highest BCUT2D eigenvalue weighted by Gasteiger charge is 2.26. The summed E-state index contributed by atoms with van der Waals surface area (Å²) in [6.07, 6.45) is 0. The van der Waals surface area contributed by atoms with Gasteiger partial charge in [-0.15, -0.1) is 0 Å². The van der Waals surface area contributed by atoms with Gasteiger partial charge in [0.25, 0.3) is 5.91 Å². The molecule has 158 valence electrons. The van der Waals surface area contributed by atoms with Gasteiger partial charge in [-0.1, -0.05) is 13.0 Å². The quantitative estimate of drug-likeness (QED) is 0.673. The second-order valence-corrected chi connectivity index (χ2v) is 8.62. The van der Waals surface area contributed by atoms with E-state index in [0.717, 1.165) is 24.6 Å². The highest BCUT2D eigenvalue weighted by Crippen LogP contribution is 2.23. The number of aryl methyl sites for hydroxylation is 1. The molecular formula is C20H27N3O5S. The van der Waals surface area contributed by atoms with Crippen LogP contribution in [0.5, 0.6) is 0 Å². The van der Waals surface area contributed by atoms with Crippen LogP contribution in [0, 0.1) is 6.92 Å². The van der Waals surface area contributed by atoms with E-state index in [0.29, 0.717) is 25.3 Å². The lowest BCUT2D eigenvalue weighted by Gasteiger charge is -2.33. The average molecular weight is 422 g/mol. The molecule has 8 nitrogen and oxygen atoms in total. The van der Waals surface area contributed by atoms with E-state index in [4.69, 9.17) is 9.15 Å². The maximum atomic E-state index is 12.7. The van der Waals surface area contributed by atoms with E-state index in [9.17, 15) is 13.2 Å². The molecule has 0 aliphatic carbocycles. The van der Waals surface area contributed by atoms with Gasteiger partial charge >= 0.3 is 0 Å². The number of benzene rings is 1. The lowest BCUT2D eigenvalue weighted by molar-refractivity contribution is 0.0117. The van der Waals surface area contributed by atoms with Crippen LogP contribution in [-0.4, -0.2) is 58.6 Å². The fraction of sp³-hybridized carbons (Fsp3) is 0.450. The highest BCUT2D eigenvalue weighted by molar-refractivity contribution is 7.89. The average Bonchev–Trinajstić information content (AvgIpc) is 3.15. The number of carbonyl (C=O) groups excluding carboxylic acids is 1. The third kappa shape index (κ3) is 5.45. The molecule has 0 bridgehead atoms. The summed E-state index contributed by atoms with van der Waals surface area (Å²) in [5.41, 5.74) is 0.292. The lowest BCUT2D eigenvalue weighted by Crippen LogP contribution is -2.43. The van der Waals surface area contributed by atoms with Crippen LogP contribution < -0.4 is 10.0 Å². The minimum absolute atomic E-state index is 0.0680. The van der Waals surface area contributed by atoms with Crippen LogP contribution in [0.15, 0.2) is 45.7 Å². The fourth-order valence-corrected chi connectivity index (χ4v) is 4.39. The molecule has 9 heteroatoms. The third-order valence-corrected chi connectivity index (χ3v) is 6.32. The molecule has 0 spiro atoms. The van der Waals surface area contributed by atoms with Crippen molar-refractivity contribution in [1.29, 1.82) is 0 Å². The van der Waals surface area contributed by atoms with E-state index in [2.05, 4.69) is 14.9 Å². The molecule has 1 aromatic heterocycles. The Morgan fingerprint density at radius 1 is 1.21 bits per heavy atom. The molecule has 2 aromatic rings. The van der Waals surface area contributed by atoms with E-state index in [-0.39, 0.29) is 23.4 Å². The van der Waals surface area contributed by atoms with E-state index in [1.54, 1.807) is 19.1 Å². The van der Waals surface area contributed by atoms with E-state index in [1.807, 2.05) is 19.1 Å². The van der Waals surface area contributed by atoms with Crippen LogP contribution in [0.2, 0.25) is 0 Å². The van der Waals surface area contributed by atoms with Crippen molar-refractivity contribution in [1.82, 2.24) is 14.9 Å². The largest absolute Gasteiger partial charge is 0.465 e. The maximum absolute atomic E-state index is 12.7. The number of nitrogens with one attached hydrogen (secondary N) is 2. The standard InChI is InChI=1S/C20H27N3O5S/c1-3-22-29(25,26)17-6-4-5-16(13-17)20(24)21-14-18(19-8-7-15(2)28-19)23-9-11-27-12-10-23/h4-8,13,18,22H,3,9-12,14H2,1-2H3,(H,21,24). The summed E-state index contributed by atoms with van der Waals surface area (Å²) in [5, 5.41) is 2.92. The van der Waals surface area contributed by atoms with Crippen molar-refractivity contribution < 1.29 is 22.4 Å². The van der Waals surface area contributed by atoms with Crippen LogP contribution >= 0.6 is 0 Å². The summed E-state index contributed by atoms with van der Waals surface area (Å²) >= 11 is 0. The number of ether oxygens (including phenoxy) is 1. The van der Waals surface area contributed by atoms with Crippen molar-refractivity contribution in [3.8, 4) is 0 Å². The predicted molar refractivity (Wildman–Crippen MR) is 108 cm³/mol. The molecule has 1 saturated heterocycles. The summed E-state index contributed by atoms with van der Waals surface area (Å²) in [6, 6.07) is 9.72. The molecule has 1 aliphatic heterocycles. The molecule has 1 unspecified atom stereocenters. The summed E-state index contributed by atoms with van der Waals surface area (Å²) in [4.78, 5) is 15.0. The van der Waals surface area contributed by atoms with Crippen molar-refractivity contribution in [2.75, 3.05) is 39.4 Å². The molecule has 1 atom stereocenters. The van der Waals surface area contributed by atoms with E-state index >= 15 is 0 Å². The van der Waals surface area contributed by atoms with Crippen LogP contribution in [0.3, 0.4) is 0 Å². The molecule has 1 aromatic carbocycles. The first-order chi connectivity index (χ1) is 13.9. The zero-order valence-corrected chi connectivity index (χ0v) is 17.5. The fourth-order valence-electron chi connectivity index (χ4n) is 3.30. The topological polar surface area (TPSA) is 101 Å². The van der Waals surface area contributed by atoms with Gasteiger partial charge in [-0.05, 0) is 37.3 Å². The predicted octanol–water partition coefficient (Wildman–Crippen LogP) is 1.69. The van der Waals surface area contributed by atoms with Gasteiger partial charge in [-0.2, -0.15) is 0 Å². The monoisotopic (exact) mass is 421 g/mol. The van der Waals surface area contributed by atoms with E-state index in [1.165, 1.54) is 12.1 Å². The Morgan fingerprint density at radius 3 is 2.62 bits per heavy atom. The van der Waals surface area contributed by atoms with Gasteiger partial charge in [-0.3, -0.25) is 9.69 Å². The van der Waals surface area contributed by atoms with Crippen molar-refractivity contribution in [3.05, 3.63) is 53.5 Å². The third-order valence-electron chi connectivity index (χ3n) is 4.77. The number of hydrogen-bond donors (Lipinski definition) is 2. The molecule has 1 fully saturated rings. The summed E-state index contributed by atoms with van der Waals surface area (Å²) < 4.78 is 38.1. The second kappa shape index (κ2) is 9.53. The molecule has 29 heavy (non-hydrogen) atoms. The number of carbonyl (C=O) groups is 1. The normalized spacial score (nSPS) is 16.5. The first-order valence-electron chi connectivity index (χ1n) is 9.67. The zero-order valence-electron chi connectivity index (χ0n) is 16.7. The van der Waals surface area contributed by atoms with Crippen LogP contribution in [0.4, 0.5) is 0 Å². The van der Waals surface area contributed by atoms with Crippen LogP contribution in [-0.2, 0) is 14.8 Å². The number of rotatable bonds is 8. The SMILES string of the molecule is CCNS(=O)(=O)c1cccc(C(=O)NCC(c2ccc(C)o2)N2CCOCC2)c1. The maximum Gasteiger partial charge on any atom is 0.251 e. The molecule has 2 heterocycles. The number of sulfonamides is 1. The van der Waals surface area contributed by atoms with Gasteiger partial charge in [0, 0.05) is 31.7 Å². The summed E-state index contributed by atoms with van der Waals surface area (Å²) in [7, 11) is -3.62.